The van der Waals surface area contributed by atoms with Gasteiger partial charge in [0.25, 0.3) is 0 Å². The summed E-state index contributed by atoms with van der Waals surface area (Å²) >= 11 is 0. The van der Waals surface area contributed by atoms with Crippen LogP contribution < -0.4 is 5.48 Å². The molecule has 3 N–H and O–H groups in total. The molecule has 2 unspecified atom stereocenters. The molecule has 0 saturated heterocycles. The van der Waals surface area contributed by atoms with Gasteiger partial charge in [-0.15, -0.1) is 0 Å². The molecular weight excluding hydrogens is 162 g/mol. The number of hydrogen-bond acceptors (Lipinski definition) is 5. The molecule has 0 heterocycles. The fraction of sp³-hybridized carbons (Fsp3) is 1.00. The summed E-state index contributed by atoms with van der Waals surface area (Å²) in [5, 5.41) is 17.0. The van der Waals surface area contributed by atoms with Gasteiger partial charge in [-0.1, -0.05) is 0 Å². The number of ether oxygens (including phenoxy) is 1. The summed E-state index contributed by atoms with van der Waals surface area (Å²) < 4.78 is 5.02. The fourth-order valence-electron chi connectivity index (χ4n) is 0.513. The summed E-state index contributed by atoms with van der Waals surface area (Å²) in [7, 11) is 0. The van der Waals surface area contributed by atoms with E-state index in [9.17, 15) is 0 Å². The first-order valence-electron chi connectivity index (χ1n) is 3.95. The minimum Gasteiger partial charge on any atom is -0.394 e. The van der Waals surface area contributed by atoms with Crippen LogP contribution in [0.2, 0.25) is 0 Å². The minimum absolute atomic E-state index is 0.0123. The number of nitrogens with one attached hydrogen (secondary N) is 1. The Morgan fingerprint density at radius 1 is 1.33 bits per heavy atom. The quantitative estimate of drug-likeness (QED) is 0.354. The largest absolute Gasteiger partial charge is 0.394 e. The molecule has 0 rings (SSSR count). The van der Waals surface area contributed by atoms with Crippen LogP contribution in [0.3, 0.4) is 0 Å². The molecule has 0 aromatic carbocycles. The van der Waals surface area contributed by atoms with Crippen LogP contribution in [0.15, 0.2) is 0 Å². The molecule has 0 fully saturated rings. The average Bonchev–Trinajstić information content (AvgIpc) is 2.10. The highest BCUT2D eigenvalue weighted by molar-refractivity contribution is 4.43. The third-order valence-corrected chi connectivity index (χ3v) is 1.15. The van der Waals surface area contributed by atoms with Crippen molar-refractivity contribution >= 4 is 0 Å². The van der Waals surface area contributed by atoms with E-state index in [1.807, 2.05) is 0 Å². The van der Waals surface area contributed by atoms with Crippen molar-refractivity contribution in [3.8, 4) is 0 Å². The first kappa shape index (κ1) is 11.8. The zero-order valence-electron chi connectivity index (χ0n) is 7.49. The van der Waals surface area contributed by atoms with Crippen LogP contribution in [0.4, 0.5) is 0 Å². The fourth-order valence-corrected chi connectivity index (χ4v) is 0.513. The Hall–Kier alpha value is -0.200. The van der Waals surface area contributed by atoms with Crippen molar-refractivity contribution in [2.45, 2.75) is 26.2 Å². The predicted octanol–water partition coefficient (Wildman–Crippen LogP) is -0.757. The maximum absolute atomic E-state index is 8.58. The zero-order chi connectivity index (χ0) is 9.40. The van der Waals surface area contributed by atoms with Crippen LogP contribution in [0.25, 0.3) is 0 Å². The summed E-state index contributed by atoms with van der Waals surface area (Å²) in [5.41, 5.74) is 2.57. The van der Waals surface area contributed by atoms with Crippen LogP contribution in [-0.2, 0) is 9.57 Å². The van der Waals surface area contributed by atoms with Gasteiger partial charge in [0.05, 0.1) is 25.9 Å². The van der Waals surface area contributed by atoms with Crippen LogP contribution in [0.1, 0.15) is 13.8 Å². The molecule has 0 amide bonds. The molecule has 74 valence electrons. The van der Waals surface area contributed by atoms with E-state index in [0.29, 0.717) is 0 Å². The van der Waals surface area contributed by atoms with Gasteiger partial charge in [-0.25, -0.2) is 0 Å². The molecule has 0 saturated carbocycles. The Morgan fingerprint density at radius 2 is 2.00 bits per heavy atom. The molecule has 5 nitrogen and oxygen atoms in total. The van der Waals surface area contributed by atoms with E-state index >= 15 is 0 Å². The monoisotopic (exact) mass is 179 g/mol. The predicted molar refractivity (Wildman–Crippen MR) is 43.3 cm³/mol. The molecule has 0 spiro atoms. The summed E-state index contributed by atoms with van der Waals surface area (Å²) in [6.07, 6.45) is -0.545. The summed E-state index contributed by atoms with van der Waals surface area (Å²) in [4.78, 5) is 4.94. The second-order valence-electron chi connectivity index (χ2n) is 2.47. The van der Waals surface area contributed by atoms with E-state index in [0.717, 1.165) is 0 Å². The van der Waals surface area contributed by atoms with Crippen LogP contribution in [0.5, 0.6) is 0 Å². The minimum atomic E-state index is -0.286. The van der Waals surface area contributed by atoms with Crippen molar-refractivity contribution in [1.29, 1.82) is 0 Å². The van der Waals surface area contributed by atoms with Gasteiger partial charge < -0.3 is 14.9 Å². The van der Waals surface area contributed by atoms with E-state index in [-0.39, 0.29) is 32.2 Å². The van der Waals surface area contributed by atoms with Crippen molar-refractivity contribution < 1.29 is 19.8 Å². The Morgan fingerprint density at radius 3 is 2.50 bits per heavy atom. The van der Waals surface area contributed by atoms with Crippen LogP contribution >= 0.6 is 0 Å². The highest BCUT2D eigenvalue weighted by Gasteiger charge is 2.03. The van der Waals surface area contributed by atoms with E-state index < -0.39 is 0 Å². The molecule has 0 aliphatic heterocycles. The topological polar surface area (TPSA) is 71.0 Å². The standard InChI is InChI=1S/C7H17NO4/c1-6(5-10)12-8-7(2)11-4-3-9/h6-10H,3-5H2,1-2H3. The second kappa shape index (κ2) is 7.45. The molecule has 0 aliphatic rings. The van der Waals surface area contributed by atoms with Gasteiger partial charge in [-0.05, 0) is 13.8 Å². The van der Waals surface area contributed by atoms with E-state index in [2.05, 4.69) is 5.48 Å². The van der Waals surface area contributed by atoms with Gasteiger partial charge >= 0.3 is 0 Å². The smallest absolute Gasteiger partial charge is 0.127 e. The van der Waals surface area contributed by atoms with Crippen LogP contribution in [0, 0.1) is 0 Å². The molecule has 0 radical (unpaired) electrons. The number of rotatable bonds is 7. The summed E-state index contributed by atoms with van der Waals surface area (Å²) in [6.45, 7) is 3.69. The van der Waals surface area contributed by atoms with Gasteiger partial charge in [0, 0.05) is 0 Å². The van der Waals surface area contributed by atoms with E-state index in [1.165, 1.54) is 0 Å². The van der Waals surface area contributed by atoms with Crippen molar-refractivity contribution in [3.05, 3.63) is 0 Å². The van der Waals surface area contributed by atoms with Gasteiger partial charge in [0.15, 0.2) is 0 Å². The number of hydroxylamine groups is 1. The lowest BCUT2D eigenvalue weighted by atomic mass is 10.5. The maximum atomic E-state index is 8.58. The highest BCUT2D eigenvalue weighted by atomic mass is 16.7. The van der Waals surface area contributed by atoms with E-state index in [4.69, 9.17) is 19.8 Å². The molecule has 5 heteroatoms. The average molecular weight is 179 g/mol. The molecule has 0 aliphatic carbocycles. The van der Waals surface area contributed by atoms with Gasteiger partial charge in [0.1, 0.15) is 6.23 Å². The Balaban J connectivity index is 3.24. The SMILES string of the molecule is CC(CO)ONC(C)OCCO. The Labute approximate surface area is 72.2 Å². The molecule has 0 aromatic heterocycles. The normalized spacial score (nSPS) is 16.0. The molecule has 0 bridgehead atoms. The van der Waals surface area contributed by atoms with Crippen molar-refractivity contribution in [2.75, 3.05) is 19.8 Å². The summed E-state index contributed by atoms with van der Waals surface area (Å²) in [5.74, 6) is 0. The van der Waals surface area contributed by atoms with Crippen molar-refractivity contribution in [3.63, 3.8) is 0 Å². The number of aliphatic hydroxyl groups is 2. The highest BCUT2D eigenvalue weighted by Crippen LogP contribution is 1.89. The lowest BCUT2D eigenvalue weighted by molar-refractivity contribution is -0.122. The van der Waals surface area contributed by atoms with Gasteiger partial charge in [-0.2, -0.15) is 5.48 Å². The molecule has 0 aromatic rings. The third kappa shape index (κ3) is 6.51. The van der Waals surface area contributed by atoms with E-state index in [1.54, 1.807) is 13.8 Å². The first-order valence-corrected chi connectivity index (χ1v) is 3.95. The third-order valence-electron chi connectivity index (χ3n) is 1.15. The van der Waals surface area contributed by atoms with Crippen molar-refractivity contribution in [2.24, 2.45) is 0 Å². The zero-order valence-corrected chi connectivity index (χ0v) is 7.49. The Kier molecular flexibility index (Phi) is 7.33. The number of hydrogen-bond donors (Lipinski definition) is 3. The summed E-state index contributed by atoms with van der Waals surface area (Å²) in [6, 6.07) is 0. The molecular formula is C7H17NO4. The second-order valence-corrected chi connectivity index (χ2v) is 2.47. The van der Waals surface area contributed by atoms with Gasteiger partial charge in [-0.3, -0.25) is 4.84 Å². The lowest BCUT2D eigenvalue weighted by Crippen LogP contribution is -2.34. The number of aliphatic hydroxyl groups excluding tert-OH is 2. The Bertz CT molecular complexity index is 101. The van der Waals surface area contributed by atoms with Crippen LogP contribution in [-0.4, -0.2) is 42.4 Å². The molecule has 12 heavy (non-hydrogen) atoms. The molecule has 2 atom stereocenters. The first-order chi connectivity index (χ1) is 5.70. The lowest BCUT2D eigenvalue weighted by Gasteiger charge is -2.16. The van der Waals surface area contributed by atoms with Gasteiger partial charge in [0.2, 0.25) is 0 Å². The maximum Gasteiger partial charge on any atom is 0.127 e. The van der Waals surface area contributed by atoms with Crippen molar-refractivity contribution in [1.82, 2.24) is 5.48 Å².